The molecule has 3 aromatic rings. The lowest BCUT2D eigenvalue weighted by Gasteiger charge is -2.31. The van der Waals surface area contributed by atoms with Crippen molar-refractivity contribution in [3.63, 3.8) is 0 Å². The molecule has 13 heteroatoms. The van der Waals surface area contributed by atoms with Gasteiger partial charge in [0.25, 0.3) is 5.56 Å². The number of primary amides is 1. The average molecular weight is 593 g/mol. The van der Waals surface area contributed by atoms with E-state index in [0.717, 1.165) is 16.5 Å². The van der Waals surface area contributed by atoms with Crippen LogP contribution in [0.1, 0.15) is 72.0 Å². The van der Waals surface area contributed by atoms with Gasteiger partial charge in [-0.05, 0) is 61.8 Å². The first-order valence-corrected chi connectivity index (χ1v) is 14.4. The number of aryl methyl sites for hydroxylation is 1. The van der Waals surface area contributed by atoms with Crippen LogP contribution >= 0.6 is 0 Å². The number of rotatable bonds is 7. The van der Waals surface area contributed by atoms with Crippen molar-refractivity contribution in [3.8, 4) is 11.4 Å². The SMILES string of the molecule is CC[C@@]1(O)C(=O)OCc2c1cc1n(c2=O)Cc2c-1nc1cc(F)c(C)c3c1c2[C@@H](NC(=O)[C@H](N)CCCNC(N)=O)CC3. The summed E-state index contributed by atoms with van der Waals surface area (Å²) in [6.07, 6.45) is 1.76. The van der Waals surface area contributed by atoms with Gasteiger partial charge >= 0.3 is 12.0 Å². The number of nitrogens with one attached hydrogen (secondary N) is 2. The molecule has 4 heterocycles. The molecular weight excluding hydrogens is 559 g/mol. The van der Waals surface area contributed by atoms with Gasteiger partial charge in [0.15, 0.2) is 5.60 Å². The second kappa shape index (κ2) is 10.4. The molecule has 0 saturated heterocycles. The molecular formula is C30H33FN6O6. The van der Waals surface area contributed by atoms with Gasteiger partial charge in [-0.2, -0.15) is 0 Å². The molecule has 2 aromatic heterocycles. The van der Waals surface area contributed by atoms with Gasteiger partial charge in [-0.1, -0.05) is 6.92 Å². The van der Waals surface area contributed by atoms with Crippen LogP contribution < -0.4 is 27.7 Å². The number of hydrogen-bond acceptors (Lipinski definition) is 8. The summed E-state index contributed by atoms with van der Waals surface area (Å²) in [7, 11) is 0. The summed E-state index contributed by atoms with van der Waals surface area (Å²) in [5.74, 6) is -1.60. The highest BCUT2D eigenvalue weighted by Crippen LogP contribution is 2.45. The first kappa shape index (κ1) is 28.7. The Morgan fingerprint density at radius 3 is 2.77 bits per heavy atom. The molecule has 43 heavy (non-hydrogen) atoms. The Kier molecular flexibility index (Phi) is 6.97. The number of fused-ring (bicyclic) bond motifs is 5. The molecule has 3 amide bonds. The van der Waals surface area contributed by atoms with Gasteiger partial charge in [-0.3, -0.25) is 9.59 Å². The lowest BCUT2D eigenvalue weighted by Crippen LogP contribution is -2.44. The standard InChI is InChI=1S/C30H33FN6O6/c1-3-30(42)17-9-22-25-15(11-37(22)27(39)16(17)12-43-28(30)40)24-20(36-26(38)19(32)5-4-8-34-29(33)41)7-6-14-13(2)18(31)10-21(35-25)23(14)24/h9-10,19-20,42H,3-8,11-12,32H2,1-2H3,(H,36,38)(H3,33,34,41)/t19-,20+,30+/m1/s1. The van der Waals surface area contributed by atoms with Gasteiger partial charge in [0.05, 0.1) is 41.1 Å². The van der Waals surface area contributed by atoms with E-state index in [-0.39, 0.29) is 43.2 Å². The van der Waals surface area contributed by atoms with E-state index in [1.165, 1.54) is 10.6 Å². The number of esters is 1. The molecule has 7 N–H and O–H groups in total. The molecule has 6 rings (SSSR count). The number of halogens is 1. The number of carbonyl (C=O) groups excluding carboxylic acids is 3. The minimum absolute atomic E-state index is 0.00574. The number of nitrogens with zero attached hydrogens (tertiary/aromatic N) is 2. The van der Waals surface area contributed by atoms with E-state index in [0.29, 0.717) is 53.7 Å². The van der Waals surface area contributed by atoms with E-state index in [2.05, 4.69) is 10.6 Å². The van der Waals surface area contributed by atoms with Crippen molar-refractivity contribution in [2.24, 2.45) is 11.5 Å². The van der Waals surface area contributed by atoms with E-state index in [9.17, 15) is 24.3 Å². The fourth-order valence-electron chi connectivity index (χ4n) is 6.64. The van der Waals surface area contributed by atoms with Crippen molar-refractivity contribution in [2.75, 3.05) is 6.54 Å². The van der Waals surface area contributed by atoms with Gasteiger partial charge in [0, 0.05) is 29.1 Å². The number of pyridine rings is 2. The number of aliphatic hydroxyl groups is 1. The topological polar surface area (TPSA) is 192 Å². The number of amides is 3. The van der Waals surface area contributed by atoms with Gasteiger partial charge in [-0.15, -0.1) is 0 Å². The zero-order chi connectivity index (χ0) is 30.8. The molecule has 0 radical (unpaired) electrons. The summed E-state index contributed by atoms with van der Waals surface area (Å²) in [5, 5.41) is 17.5. The number of carbonyl (C=O) groups is 3. The van der Waals surface area contributed by atoms with Gasteiger partial charge in [0.2, 0.25) is 5.91 Å². The van der Waals surface area contributed by atoms with Crippen molar-refractivity contribution in [3.05, 3.63) is 61.7 Å². The number of benzene rings is 1. The Labute approximate surface area is 245 Å². The van der Waals surface area contributed by atoms with Crippen molar-refractivity contribution in [1.82, 2.24) is 20.2 Å². The van der Waals surface area contributed by atoms with Crippen LogP contribution in [0.2, 0.25) is 0 Å². The van der Waals surface area contributed by atoms with E-state index in [4.69, 9.17) is 21.2 Å². The summed E-state index contributed by atoms with van der Waals surface area (Å²) >= 11 is 0. The molecule has 12 nitrogen and oxygen atoms in total. The van der Waals surface area contributed by atoms with Crippen LogP contribution in [-0.4, -0.2) is 45.2 Å². The van der Waals surface area contributed by atoms with Gasteiger partial charge < -0.3 is 36.5 Å². The molecule has 0 bridgehead atoms. The monoisotopic (exact) mass is 592 g/mol. The largest absolute Gasteiger partial charge is 0.458 e. The first-order chi connectivity index (χ1) is 20.5. The van der Waals surface area contributed by atoms with E-state index in [1.807, 2.05) is 0 Å². The van der Waals surface area contributed by atoms with Crippen molar-refractivity contribution in [1.29, 1.82) is 0 Å². The van der Waals surface area contributed by atoms with Crippen LogP contribution in [0.5, 0.6) is 0 Å². The summed E-state index contributed by atoms with van der Waals surface area (Å²) in [5.41, 5.74) is 13.2. The fraction of sp³-hybridized carbons (Fsp3) is 0.433. The minimum Gasteiger partial charge on any atom is -0.458 e. The Balaban J connectivity index is 1.46. The minimum atomic E-state index is -1.98. The molecule has 3 atom stereocenters. The third-order valence-corrected chi connectivity index (χ3v) is 9.02. The first-order valence-electron chi connectivity index (χ1n) is 14.4. The smallest absolute Gasteiger partial charge is 0.343 e. The number of aromatic nitrogens is 2. The Morgan fingerprint density at radius 2 is 2.05 bits per heavy atom. The maximum atomic E-state index is 15.1. The maximum Gasteiger partial charge on any atom is 0.343 e. The molecule has 0 unspecified atom stereocenters. The molecule has 0 spiro atoms. The molecule has 0 saturated carbocycles. The zero-order valence-electron chi connectivity index (χ0n) is 23.9. The Hall–Kier alpha value is -4.36. The lowest BCUT2D eigenvalue weighted by molar-refractivity contribution is -0.172. The summed E-state index contributed by atoms with van der Waals surface area (Å²) in [4.78, 5) is 55.3. The molecule has 2 aliphatic heterocycles. The second-order valence-electron chi connectivity index (χ2n) is 11.5. The predicted molar refractivity (Wildman–Crippen MR) is 153 cm³/mol. The zero-order valence-corrected chi connectivity index (χ0v) is 23.9. The molecule has 1 aromatic carbocycles. The maximum absolute atomic E-state index is 15.1. The van der Waals surface area contributed by atoms with Gasteiger partial charge in [-0.25, -0.2) is 19.0 Å². The molecule has 1 aliphatic carbocycles. The number of hydrogen-bond donors (Lipinski definition) is 5. The van der Waals surface area contributed by atoms with Crippen LogP contribution in [-0.2, 0) is 39.5 Å². The predicted octanol–water partition coefficient (Wildman–Crippen LogP) is 1.41. The van der Waals surface area contributed by atoms with Crippen LogP contribution in [0.3, 0.4) is 0 Å². The number of cyclic esters (lactones) is 1. The second-order valence-corrected chi connectivity index (χ2v) is 11.5. The average Bonchev–Trinajstić information content (AvgIpc) is 3.35. The number of urea groups is 1. The molecule has 3 aliphatic rings. The number of ether oxygens (including phenoxy) is 1. The van der Waals surface area contributed by atoms with Crippen molar-refractivity contribution < 1.29 is 28.6 Å². The Bertz CT molecular complexity index is 1790. The van der Waals surface area contributed by atoms with E-state index < -0.39 is 41.1 Å². The van der Waals surface area contributed by atoms with Crippen molar-refractivity contribution >= 4 is 28.8 Å². The van der Waals surface area contributed by atoms with Crippen LogP contribution in [0.4, 0.5) is 9.18 Å². The third-order valence-electron chi connectivity index (χ3n) is 9.02. The van der Waals surface area contributed by atoms with Crippen LogP contribution in [0, 0.1) is 12.7 Å². The highest BCUT2D eigenvalue weighted by Gasteiger charge is 2.46. The summed E-state index contributed by atoms with van der Waals surface area (Å²) in [6.45, 7) is 3.52. The fourth-order valence-corrected chi connectivity index (χ4v) is 6.64. The van der Waals surface area contributed by atoms with E-state index >= 15 is 4.39 Å². The molecule has 0 fully saturated rings. The summed E-state index contributed by atoms with van der Waals surface area (Å²) in [6, 6.07) is 0.984. The van der Waals surface area contributed by atoms with Crippen LogP contribution in [0.25, 0.3) is 22.3 Å². The van der Waals surface area contributed by atoms with Crippen LogP contribution in [0.15, 0.2) is 16.9 Å². The summed E-state index contributed by atoms with van der Waals surface area (Å²) < 4.78 is 21.8. The lowest BCUT2D eigenvalue weighted by atomic mass is 9.81. The Morgan fingerprint density at radius 1 is 1.28 bits per heavy atom. The normalized spacial score (nSPS) is 20.6. The highest BCUT2D eigenvalue weighted by atomic mass is 19.1. The number of nitrogens with two attached hydrogens (primary N) is 2. The third kappa shape index (κ3) is 4.45. The quantitative estimate of drug-likeness (QED) is 0.157. The highest BCUT2D eigenvalue weighted by molar-refractivity contribution is 5.94. The van der Waals surface area contributed by atoms with Crippen molar-refractivity contribution in [2.45, 2.75) is 76.8 Å². The van der Waals surface area contributed by atoms with Gasteiger partial charge in [0.1, 0.15) is 12.4 Å². The van der Waals surface area contributed by atoms with E-state index in [1.54, 1.807) is 19.9 Å². The molecule has 226 valence electrons.